The van der Waals surface area contributed by atoms with Crippen LogP contribution in [0.3, 0.4) is 0 Å². The second kappa shape index (κ2) is 28.5. The van der Waals surface area contributed by atoms with Crippen molar-refractivity contribution in [1.29, 1.82) is 0 Å². The van der Waals surface area contributed by atoms with E-state index >= 15 is 0 Å². The molecule has 0 saturated carbocycles. The Morgan fingerprint density at radius 1 is 0.500 bits per heavy atom. The molecule has 0 spiro atoms. The number of Topliss-reactive ketones (excluding diaryl/α,β-unsaturated/α-hetero) is 1. The lowest BCUT2D eigenvalue weighted by Gasteiger charge is -2.26. The lowest BCUT2D eigenvalue weighted by atomic mass is 10.1. The number of aromatic amines is 1. The maximum Gasteiger partial charge on any atom is 0.277 e. The second-order valence-electron chi connectivity index (χ2n) is 19.9. The number of fused-ring (bicyclic) bond motifs is 3. The molecular weight excluding hydrogens is 1300 g/mol. The summed E-state index contributed by atoms with van der Waals surface area (Å²) < 4.78 is 4.39. The Morgan fingerprint density at radius 2 is 0.902 bits per heavy atom. The molecule has 26 nitrogen and oxygen atoms in total. The van der Waals surface area contributed by atoms with E-state index in [-0.39, 0.29) is 55.9 Å². The number of rotatable bonds is 9. The quantitative estimate of drug-likeness (QED) is 0.0635. The number of nitrogens with zero attached hydrogens (tertiary/aromatic N) is 9. The molecule has 10 N–H and O–H groups in total. The van der Waals surface area contributed by atoms with Crippen molar-refractivity contribution in [2.75, 3.05) is 16.4 Å². The van der Waals surface area contributed by atoms with Gasteiger partial charge in [-0.15, -0.1) is 0 Å². The van der Waals surface area contributed by atoms with Crippen LogP contribution in [0.4, 0.5) is 28.8 Å². The zero-order valence-electron chi connectivity index (χ0n) is 48.5. The third kappa shape index (κ3) is 14.3. The number of H-pyrrole nitrogens is 1. The number of ketones is 1. The van der Waals surface area contributed by atoms with Gasteiger partial charge in [-0.2, -0.15) is 45.3 Å². The summed E-state index contributed by atoms with van der Waals surface area (Å²) in [6.45, 7) is 7.00. The van der Waals surface area contributed by atoms with Gasteiger partial charge in [-0.3, -0.25) is 56.9 Å². The Bertz CT molecular complexity index is 4550. The van der Waals surface area contributed by atoms with Gasteiger partial charge in [0.2, 0.25) is 0 Å². The molecule has 0 aliphatic carbocycles. The minimum absolute atomic E-state index is 0.0370. The van der Waals surface area contributed by atoms with Gasteiger partial charge in [0.15, 0.2) is 5.78 Å². The molecule has 3 aliphatic heterocycles. The van der Waals surface area contributed by atoms with Gasteiger partial charge in [-0.05, 0) is 156 Å². The predicted octanol–water partition coefficient (Wildman–Crippen LogP) is 7.98. The van der Waals surface area contributed by atoms with E-state index in [9.17, 15) is 43.2 Å². The topological polar surface area (TPSA) is 374 Å². The van der Waals surface area contributed by atoms with Crippen molar-refractivity contribution >= 4 is 127 Å². The summed E-state index contributed by atoms with van der Waals surface area (Å²) in [5.74, 6) is 0.190. The van der Waals surface area contributed by atoms with E-state index in [1.165, 1.54) is 84.9 Å². The zero-order valence-corrected chi connectivity index (χ0v) is 53.3. The first-order valence-electron chi connectivity index (χ1n) is 26.8. The van der Waals surface area contributed by atoms with Crippen LogP contribution in [0.1, 0.15) is 96.7 Å². The van der Waals surface area contributed by atoms with Crippen LogP contribution in [0.2, 0.25) is 10.0 Å². The predicted molar refractivity (Wildman–Crippen MR) is 353 cm³/mol. The van der Waals surface area contributed by atoms with Gasteiger partial charge in [-0.25, -0.2) is 29.9 Å². The van der Waals surface area contributed by atoms with Gasteiger partial charge in [-0.1, -0.05) is 23.2 Å². The van der Waals surface area contributed by atoms with Crippen LogP contribution in [-0.2, 0) is 17.0 Å². The Hall–Kier alpha value is -10.6. The first kappa shape index (κ1) is 65.8. The number of nitrogens with two attached hydrogens (primary N) is 2. The average molecular weight is 1350 g/mol. The lowest BCUT2D eigenvalue weighted by Crippen LogP contribution is -2.45. The highest BCUT2D eigenvalue weighted by Gasteiger charge is 2.44. The molecule has 0 fully saturated rings. The molecule has 11 aromatic heterocycles. The summed E-state index contributed by atoms with van der Waals surface area (Å²) in [4.78, 5) is 132. The standard InChI is InChI=1S/2C16H13N5O2S.C12H9ClN2O2S.C6H5ClN2O2.C6H6OS.C4H5N3/c2*1-16(10-5-7-24-8-10)20-14(22)12-3-2-11(15(23)21(12)16)19-13-4-6-17-9-18-13;1-12(7-4-5-18-6-7)14-10(16)9-3-2-8(13)11(17)15(9)12;7-3-1-2-4(5(8)10)9-6(3)11;1-5(7)6-2-3-8-4-6;5-4-1-2-6-3-7-4/h2*2-9H,1H3,(H,20,22)(H,17,18,19);2-6H,1H3,(H,14,16);1-2H,(H2,8,10)(H,9,11);2-4H,1H3;1-3H,(H2,5,6,7). The Labute approximate surface area is 546 Å². The number of nitrogen functional groups attached to an aromatic ring is 1. The summed E-state index contributed by atoms with van der Waals surface area (Å²) in [5, 5.41) is 30.0. The summed E-state index contributed by atoms with van der Waals surface area (Å²) in [6, 6.07) is 24.6. The Kier molecular flexibility index (Phi) is 20.4. The van der Waals surface area contributed by atoms with Gasteiger partial charge in [0.25, 0.3) is 45.9 Å². The molecule has 0 radical (unpaired) electrons. The van der Waals surface area contributed by atoms with Crippen LogP contribution in [0.25, 0.3) is 0 Å². The fraction of sp³-hybridized carbons (Fsp3) is 0.117. The number of carbonyl (C=O) groups excluding carboxylic acids is 5. The minimum atomic E-state index is -0.910. The summed E-state index contributed by atoms with van der Waals surface area (Å²) in [7, 11) is 0. The number of carbonyl (C=O) groups is 5. The number of thiophene rings is 4. The molecule has 0 bridgehead atoms. The van der Waals surface area contributed by atoms with Crippen molar-refractivity contribution in [3.63, 3.8) is 0 Å². The van der Waals surface area contributed by atoms with Crippen molar-refractivity contribution in [1.82, 2.24) is 64.5 Å². The van der Waals surface area contributed by atoms with Gasteiger partial charge in [0, 0.05) is 46.2 Å². The van der Waals surface area contributed by atoms with Crippen molar-refractivity contribution in [3.8, 4) is 0 Å². The van der Waals surface area contributed by atoms with Crippen LogP contribution in [-0.4, -0.2) is 78.0 Å². The maximum atomic E-state index is 13.0. The Balaban J connectivity index is 0.000000138. The molecule has 3 atom stereocenters. The highest BCUT2D eigenvalue weighted by molar-refractivity contribution is 7.08. The number of primary amides is 1. The van der Waals surface area contributed by atoms with E-state index in [2.05, 4.69) is 61.5 Å². The fourth-order valence-corrected chi connectivity index (χ4v) is 12.5. The molecular formula is C60H51Cl2N17O9S4. The normalized spacial score (nSPS) is 16.7. The average Bonchev–Trinajstić information content (AvgIpc) is 1.60. The molecule has 11 aromatic rings. The molecule has 14 heterocycles. The van der Waals surface area contributed by atoms with Crippen LogP contribution in [0, 0.1) is 0 Å². The van der Waals surface area contributed by atoms with Crippen molar-refractivity contribution in [3.05, 3.63) is 268 Å². The van der Waals surface area contributed by atoms with Crippen molar-refractivity contribution < 1.29 is 24.0 Å². The van der Waals surface area contributed by atoms with Crippen molar-refractivity contribution in [2.24, 2.45) is 5.73 Å². The molecule has 3 aliphatic rings. The number of amides is 4. The molecule has 3 unspecified atom stereocenters. The summed E-state index contributed by atoms with van der Waals surface area (Å²) >= 11 is 17.3. The van der Waals surface area contributed by atoms with E-state index in [4.69, 9.17) is 34.7 Å². The summed E-state index contributed by atoms with van der Waals surface area (Å²) in [5.41, 5.74) is 11.1. The van der Waals surface area contributed by atoms with Gasteiger partial charge in [0.05, 0.1) is 0 Å². The van der Waals surface area contributed by atoms with Crippen LogP contribution in [0.5, 0.6) is 0 Å². The first-order chi connectivity index (χ1) is 44.0. The van der Waals surface area contributed by atoms with Gasteiger partial charge in [0.1, 0.15) is 97.6 Å². The number of hydrogen-bond donors (Lipinski definition) is 8. The maximum absolute atomic E-state index is 13.0. The number of anilines is 5. The monoisotopic (exact) mass is 1350 g/mol. The molecule has 0 aromatic carbocycles. The summed E-state index contributed by atoms with van der Waals surface area (Å²) in [6.07, 6.45) is 8.97. The minimum Gasteiger partial charge on any atom is -0.384 e. The van der Waals surface area contributed by atoms with Gasteiger partial charge < -0.3 is 43.0 Å². The van der Waals surface area contributed by atoms with E-state index < -0.39 is 28.5 Å². The van der Waals surface area contributed by atoms with Gasteiger partial charge >= 0.3 is 0 Å². The molecule has 92 heavy (non-hydrogen) atoms. The zero-order chi connectivity index (χ0) is 65.9. The highest BCUT2D eigenvalue weighted by atomic mass is 35.5. The first-order valence-corrected chi connectivity index (χ1v) is 31.4. The number of nitrogens with one attached hydrogen (secondary N) is 6. The molecule has 32 heteroatoms. The number of pyridine rings is 4. The number of hydrogen-bond acceptors (Lipinski definition) is 22. The third-order valence-corrected chi connectivity index (χ3v) is 17.2. The molecule has 0 saturated heterocycles. The Morgan fingerprint density at radius 3 is 1.23 bits per heavy atom. The van der Waals surface area contributed by atoms with Crippen LogP contribution >= 0.6 is 68.5 Å². The highest BCUT2D eigenvalue weighted by Crippen LogP contribution is 2.34. The van der Waals surface area contributed by atoms with Crippen molar-refractivity contribution in [2.45, 2.75) is 44.7 Å². The van der Waals surface area contributed by atoms with E-state index in [1.807, 2.05) is 81.2 Å². The molecule has 468 valence electrons. The van der Waals surface area contributed by atoms with E-state index in [1.54, 1.807) is 92.3 Å². The number of aromatic nitrogens is 10. The largest absolute Gasteiger partial charge is 0.384 e. The SMILES string of the molecule is CC(=O)c1ccsc1.CC1(c2ccsc2)NC(=O)c2ccc(Cl)c(=O)n21.CC1(c2ccsc2)NC(=O)c2ccc(Nc3ccncn3)c(=O)n21.CC1(c2ccsc2)NC(=O)c2ccc(Nc3ccncn3)c(=O)n21.NC(=O)c1ccc(Cl)c(=O)[nH]1.Nc1ccncn1. The van der Waals surface area contributed by atoms with Crippen LogP contribution < -0.4 is 60.3 Å². The molecule has 14 rings (SSSR count). The number of halogens is 2. The fourth-order valence-electron chi connectivity index (χ4n) is 9.27. The smallest absolute Gasteiger partial charge is 0.277 e. The molecule has 4 amide bonds. The lowest BCUT2D eigenvalue weighted by molar-refractivity contribution is 0.0932. The second-order valence-corrected chi connectivity index (χ2v) is 23.9. The van der Waals surface area contributed by atoms with Crippen LogP contribution in [0.15, 0.2) is 191 Å². The van der Waals surface area contributed by atoms with E-state index in [0.717, 1.165) is 22.3 Å². The third-order valence-electron chi connectivity index (χ3n) is 13.9. The van der Waals surface area contributed by atoms with E-state index in [0.29, 0.717) is 45.9 Å².